The highest BCUT2D eigenvalue weighted by atomic mass is 35.5. The Labute approximate surface area is 163 Å². The summed E-state index contributed by atoms with van der Waals surface area (Å²) in [4.78, 5) is 26.3. The number of carbonyl (C=O) groups is 2. The van der Waals surface area contributed by atoms with Gasteiger partial charge in [0, 0.05) is 18.1 Å². The van der Waals surface area contributed by atoms with Crippen LogP contribution < -0.4 is 5.32 Å². The van der Waals surface area contributed by atoms with Gasteiger partial charge in [0.2, 0.25) is 5.91 Å². The van der Waals surface area contributed by atoms with E-state index >= 15 is 0 Å². The number of likely N-dealkylation sites (tertiary alicyclic amines) is 1. The first-order valence-electron chi connectivity index (χ1n) is 8.07. The second-order valence-electron chi connectivity index (χ2n) is 6.77. The van der Waals surface area contributed by atoms with Gasteiger partial charge >= 0.3 is 5.97 Å². The number of carboxylic acid groups (broad SMARTS) is 1. The fourth-order valence-electron chi connectivity index (χ4n) is 3.97. The van der Waals surface area contributed by atoms with Crippen molar-refractivity contribution in [2.75, 3.05) is 18.4 Å². The lowest BCUT2D eigenvalue weighted by molar-refractivity contribution is -0.149. The van der Waals surface area contributed by atoms with Crippen LogP contribution in [0.5, 0.6) is 0 Å². The van der Waals surface area contributed by atoms with E-state index < -0.39 is 17.4 Å². The highest BCUT2D eigenvalue weighted by molar-refractivity contribution is 6.35. The molecule has 3 atom stereocenters. The summed E-state index contributed by atoms with van der Waals surface area (Å²) in [7, 11) is 0. The van der Waals surface area contributed by atoms with Crippen LogP contribution in [-0.2, 0) is 9.59 Å². The van der Waals surface area contributed by atoms with Gasteiger partial charge < -0.3 is 10.4 Å². The maximum Gasteiger partial charge on any atom is 0.311 e. The van der Waals surface area contributed by atoms with Gasteiger partial charge in [-0.3, -0.25) is 14.5 Å². The van der Waals surface area contributed by atoms with Crippen LogP contribution in [-0.4, -0.2) is 41.0 Å². The predicted octanol–water partition coefficient (Wildman–Crippen LogP) is 3.93. The first-order valence-corrected chi connectivity index (χ1v) is 8.82. The molecule has 2 fully saturated rings. The number of amides is 1. The summed E-state index contributed by atoms with van der Waals surface area (Å²) < 4.78 is 0. The van der Waals surface area contributed by atoms with Gasteiger partial charge in [0.1, 0.15) is 0 Å². The number of carboxylic acids is 1. The minimum Gasteiger partial charge on any atom is -0.481 e. The molecule has 2 N–H and O–H groups in total. The molecule has 2 aliphatic rings. The van der Waals surface area contributed by atoms with E-state index in [-0.39, 0.29) is 24.2 Å². The van der Waals surface area contributed by atoms with E-state index in [2.05, 4.69) is 5.32 Å². The summed E-state index contributed by atoms with van der Waals surface area (Å²) in [6.45, 7) is 2.86. The first-order chi connectivity index (χ1) is 11.3. The molecule has 1 saturated carbocycles. The van der Waals surface area contributed by atoms with Crippen LogP contribution >= 0.6 is 35.6 Å². The molecule has 1 heterocycles. The van der Waals surface area contributed by atoms with E-state index in [1.165, 1.54) is 0 Å². The average molecular weight is 408 g/mol. The number of benzene rings is 1. The van der Waals surface area contributed by atoms with Crippen molar-refractivity contribution >= 4 is 53.2 Å². The zero-order valence-electron chi connectivity index (χ0n) is 13.8. The predicted molar refractivity (Wildman–Crippen MR) is 101 cm³/mol. The quantitative estimate of drug-likeness (QED) is 0.793. The second-order valence-corrected chi connectivity index (χ2v) is 7.61. The number of fused-ring (bicyclic) bond motifs is 1. The number of nitrogens with zero attached hydrogens (tertiary/aromatic N) is 1. The van der Waals surface area contributed by atoms with Crippen LogP contribution in [0.4, 0.5) is 5.69 Å². The van der Waals surface area contributed by atoms with Gasteiger partial charge in [0.15, 0.2) is 0 Å². The molecule has 1 aromatic carbocycles. The molecule has 1 aliphatic heterocycles. The van der Waals surface area contributed by atoms with Crippen LogP contribution in [0.2, 0.25) is 10.0 Å². The van der Waals surface area contributed by atoms with Crippen LogP contribution in [0.3, 0.4) is 0 Å². The van der Waals surface area contributed by atoms with Crippen molar-refractivity contribution in [2.45, 2.75) is 32.2 Å². The lowest BCUT2D eigenvalue weighted by Crippen LogP contribution is -2.43. The zero-order chi connectivity index (χ0) is 17.5. The highest BCUT2D eigenvalue weighted by Gasteiger charge is 2.55. The minimum atomic E-state index is -0.738. The third kappa shape index (κ3) is 3.75. The van der Waals surface area contributed by atoms with Gasteiger partial charge in [-0.1, -0.05) is 29.6 Å². The number of nitrogens with one attached hydrogen (secondary N) is 1. The number of halogens is 3. The number of carbonyl (C=O) groups excluding carboxylic acids is 1. The summed E-state index contributed by atoms with van der Waals surface area (Å²) >= 11 is 12.0. The van der Waals surface area contributed by atoms with Crippen molar-refractivity contribution in [1.82, 2.24) is 4.90 Å². The van der Waals surface area contributed by atoms with Crippen LogP contribution in [0.25, 0.3) is 0 Å². The molecule has 138 valence electrons. The zero-order valence-corrected chi connectivity index (χ0v) is 16.1. The molecule has 1 aromatic rings. The molecular formula is C17H21Cl3N2O3. The van der Waals surface area contributed by atoms with Crippen molar-refractivity contribution in [3.8, 4) is 0 Å². The SMILES string of the molecule is CC(C(=O)Nc1cc(Cl)ccc1Cl)N1C[C@@H]2CCC[C@@]2(C(=O)O)C1.Cl. The summed E-state index contributed by atoms with van der Waals surface area (Å²) in [5.74, 6) is -0.822. The molecule has 1 unspecified atom stereocenters. The lowest BCUT2D eigenvalue weighted by atomic mass is 9.81. The van der Waals surface area contributed by atoms with Crippen LogP contribution in [0.15, 0.2) is 18.2 Å². The van der Waals surface area contributed by atoms with Gasteiger partial charge in [-0.15, -0.1) is 12.4 Å². The van der Waals surface area contributed by atoms with Gasteiger partial charge in [-0.2, -0.15) is 0 Å². The molecular weight excluding hydrogens is 387 g/mol. The van der Waals surface area contributed by atoms with Crippen LogP contribution in [0, 0.1) is 11.3 Å². The Hall–Kier alpha value is -1.01. The van der Waals surface area contributed by atoms with Gasteiger partial charge in [0.05, 0.1) is 22.2 Å². The Morgan fingerprint density at radius 1 is 1.40 bits per heavy atom. The van der Waals surface area contributed by atoms with E-state index in [0.717, 1.165) is 12.8 Å². The van der Waals surface area contributed by atoms with E-state index in [9.17, 15) is 14.7 Å². The Morgan fingerprint density at radius 2 is 2.12 bits per heavy atom. The lowest BCUT2D eigenvalue weighted by Gasteiger charge is -2.26. The Bertz CT molecular complexity index is 685. The fraction of sp³-hybridized carbons (Fsp3) is 0.529. The van der Waals surface area contributed by atoms with E-state index in [4.69, 9.17) is 23.2 Å². The molecule has 5 nitrogen and oxygen atoms in total. The van der Waals surface area contributed by atoms with Crippen molar-refractivity contribution in [2.24, 2.45) is 11.3 Å². The number of hydrogen-bond donors (Lipinski definition) is 2. The number of hydrogen-bond acceptors (Lipinski definition) is 3. The largest absolute Gasteiger partial charge is 0.481 e. The number of anilines is 1. The second kappa shape index (κ2) is 7.70. The molecule has 3 rings (SSSR count). The van der Waals surface area contributed by atoms with Gasteiger partial charge in [-0.05, 0) is 43.9 Å². The molecule has 0 radical (unpaired) electrons. The fourth-order valence-corrected chi connectivity index (χ4v) is 4.31. The molecule has 0 spiro atoms. The summed E-state index contributed by atoms with van der Waals surface area (Å²) in [6.07, 6.45) is 2.55. The van der Waals surface area contributed by atoms with E-state index in [1.54, 1.807) is 25.1 Å². The van der Waals surface area contributed by atoms with E-state index in [0.29, 0.717) is 35.2 Å². The first kappa shape index (κ1) is 20.3. The molecule has 0 aromatic heterocycles. The topological polar surface area (TPSA) is 69.6 Å². The third-order valence-electron chi connectivity index (χ3n) is 5.44. The van der Waals surface area contributed by atoms with Crippen molar-refractivity contribution in [1.29, 1.82) is 0 Å². The molecule has 8 heteroatoms. The van der Waals surface area contributed by atoms with E-state index in [1.807, 2.05) is 4.90 Å². The smallest absolute Gasteiger partial charge is 0.311 e. The van der Waals surface area contributed by atoms with Crippen molar-refractivity contribution in [3.05, 3.63) is 28.2 Å². The van der Waals surface area contributed by atoms with Gasteiger partial charge in [0.25, 0.3) is 0 Å². The summed E-state index contributed by atoms with van der Waals surface area (Å²) in [6, 6.07) is 4.46. The molecule has 25 heavy (non-hydrogen) atoms. The van der Waals surface area contributed by atoms with Crippen molar-refractivity contribution < 1.29 is 14.7 Å². The summed E-state index contributed by atoms with van der Waals surface area (Å²) in [5.41, 5.74) is -0.226. The molecule has 1 saturated heterocycles. The Kier molecular flexibility index (Phi) is 6.26. The summed E-state index contributed by atoms with van der Waals surface area (Å²) in [5, 5.41) is 13.4. The van der Waals surface area contributed by atoms with Gasteiger partial charge in [-0.25, -0.2) is 0 Å². The monoisotopic (exact) mass is 406 g/mol. The maximum absolute atomic E-state index is 12.6. The van der Waals surface area contributed by atoms with Crippen molar-refractivity contribution in [3.63, 3.8) is 0 Å². The number of aliphatic carboxylic acids is 1. The van der Waals surface area contributed by atoms with Crippen LogP contribution in [0.1, 0.15) is 26.2 Å². The minimum absolute atomic E-state index is 0. The third-order valence-corrected chi connectivity index (χ3v) is 6.00. The molecule has 0 bridgehead atoms. The highest BCUT2D eigenvalue weighted by Crippen LogP contribution is 2.49. The maximum atomic E-state index is 12.6. The normalized spacial score (nSPS) is 26.6. The molecule has 1 aliphatic carbocycles. The Morgan fingerprint density at radius 3 is 2.76 bits per heavy atom. The standard InChI is InChI=1S/C17H20Cl2N2O3.ClH/c1-10(15(22)20-14-7-12(18)4-5-13(14)19)21-8-11-3-2-6-17(11,9-21)16(23)24;/h4-5,7,10-11H,2-3,6,8-9H2,1H3,(H,20,22)(H,23,24);1H/t10?,11-,17+;/m0./s1. The average Bonchev–Trinajstić information content (AvgIpc) is 3.08. The number of rotatable bonds is 4. The molecule has 1 amide bonds. The Balaban J connectivity index is 0.00000225.